The molecule has 2 aromatic rings. The van der Waals surface area contributed by atoms with E-state index >= 15 is 0 Å². The van der Waals surface area contributed by atoms with E-state index in [4.69, 9.17) is 5.11 Å². The molecule has 0 saturated heterocycles. The van der Waals surface area contributed by atoms with Gasteiger partial charge < -0.3 is 15.5 Å². The number of aryl methyl sites for hydroxylation is 2. The van der Waals surface area contributed by atoms with Crippen LogP contribution >= 0.6 is 0 Å². The summed E-state index contributed by atoms with van der Waals surface area (Å²) in [5, 5.41) is 22.5. The first kappa shape index (κ1) is 27.9. The van der Waals surface area contributed by atoms with Crippen LogP contribution in [0, 0.1) is 19.8 Å². The highest BCUT2D eigenvalue weighted by atomic mass is 16.4. The van der Waals surface area contributed by atoms with Crippen LogP contribution in [-0.4, -0.2) is 34.2 Å². The number of aliphatic carboxylic acids is 1. The number of carbonyl (C=O) groups excluding carboxylic acids is 1. The molecule has 5 heteroatoms. The SMILES string of the molecule is CCC(CC)(c1ccc(CC(C)C2(O)CCCCC2)c(C)c1)c1ccc(C(=O)NCC(=O)O)c(C)c1. The van der Waals surface area contributed by atoms with Crippen LogP contribution in [0.5, 0.6) is 0 Å². The minimum absolute atomic E-state index is 0.183. The summed E-state index contributed by atoms with van der Waals surface area (Å²) in [4.78, 5) is 23.3. The molecule has 1 unspecified atom stereocenters. The Labute approximate surface area is 216 Å². The van der Waals surface area contributed by atoms with Crippen molar-refractivity contribution < 1.29 is 19.8 Å². The zero-order valence-corrected chi connectivity index (χ0v) is 22.6. The Balaban J connectivity index is 1.88. The lowest BCUT2D eigenvalue weighted by molar-refractivity contribution is -0.135. The maximum Gasteiger partial charge on any atom is 0.322 e. The van der Waals surface area contributed by atoms with Gasteiger partial charge >= 0.3 is 5.97 Å². The first-order valence-electron chi connectivity index (χ1n) is 13.5. The third-order valence-corrected chi connectivity index (χ3v) is 8.69. The molecule has 5 nitrogen and oxygen atoms in total. The van der Waals surface area contributed by atoms with Crippen molar-refractivity contribution in [2.45, 2.75) is 97.0 Å². The Morgan fingerprint density at radius 2 is 1.56 bits per heavy atom. The predicted molar refractivity (Wildman–Crippen MR) is 145 cm³/mol. The average Bonchev–Trinajstić information content (AvgIpc) is 2.85. The van der Waals surface area contributed by atoms with Gasteiger partial charge in [-0.25, -0.2) is 0 Å². The van der Waals surface area contributed by atoms with Gasteiger partial charge in [0.2, 0.25) is 0 Å². The van der Waals surface area contributed by atoms with Crippen LogP contribution in [0.1, 0.15) is 104 Å². The molecule has 0 heterocycles. The van der Waals surface area contributed by atoms with Crippen LogP contribution in [0.4, 0.5) is 0 Å². The summed E-state index contributed by atoms with van der Waals surface area (Å²) in [7, 11) is 0. The quantitative estimate of drug-likeness (QED) is 0.373. The Morgan fingerprint density at radius 3 is 2.08 bits per heavy atom. The fourth-order valence-electron chi connectivity index (χ4n) is 6.10. The van der Waals surface area contributed by atoms with Gasteiger partial charge in [0.25, 0.3) is 5.91 Å². The minimum Gasteiger partial charge on any atom is -0.480 e. The minimum atomic E-state index is -1.06. The summed E-state index contributed by atoms with van der Waals surface area (Å²) >= 11 is 0. The average molecular weight is 494 g/mol. The van der Waals surface area contributed by atoms with E-state index in [1.54, 1.807) is 0 Å². The normalized spacial score (nSPS) is 16.4. The molecule has 1 aliphatic rings. The fourth-order valence-corrected chi connectivity index (χ4v) is 6.10. The van der Waals surface area contributed by atoms with Crippen LogP contribution in [0.25, 0.3) is 0 Å². The maximum absolute atomic E-state index is 12.5. The van der Waals surface area contributed by atoms with Crippen molar-refractivity contribution in [3.8, 4) is 0 Å². The van der Waals surface area contributed by atoms with Crippen molar-refractivity contribution in [2.24, 2.45) is 5.92 Å². The number of hydrogen-bond acceptors (Lipinski definition) is 3. The molecule has 3 N–H and O–H groups in total. The first-order chi connectivity index (χ1) is 17.1. The second kappa shape index (κ2) is 11.6. The Hall–Kier alpha value is -2.66. The molecule has 2 aromatic carbocycles. The van der Waals surface area contributed by atoms with Crippen molar-refractivity contribution in [2.75, 3.05) is 6.54 Å². The zero-order valence-electron chi connectivity index (χ0n) is 22.6. The first-order valence-corrected chi connectivity index (χ1v) is 13.5. The molecule has 1 amide bonds. The van der Waals surface area contributed by atoms with E-state index in [0.29, 0.717) is 5.56 Å². The van der Waals surface area contributed by atoms with Crippen LogP contribution in [0.15, 0.2) is 36.4 Å². The van der Waals surface area contributed by atoms with Gasteiger partial charge in [-0.3, -0.25) is 9.59 Å². The van der Waals surface area contributed by atoms with Gasteiger partial charge in [0.15, 0.2) is 0 Å². The summed E-state index contributed by atoms with van der Waals surface area (Å²) in [5.41, 5.74) is 5.59. The van der Waals surface area contributed by atoms with E-state index in [2.05, 4.69) is 57.3 Å². The number of carboxylic acid groups (broad SMARTS) is 1. The molecule has 1 atom stereocenters. The van der Waals surface area contributed by atoms with Crippen molar-refractivity contribution in [3.05, 3.63) is 69.8 Å². The summed E-state index contributed by atoms with van der Waals surface area (Å²) < 4.78 is 0. The number of hydrogen-bond donors (Lipinski definition) is 3. The van der Waals surface area contributed by atoms with E-state index in [-0.39, 0.29) is 17.2 Å². The van der Waals surface area contributed by atoms with Gasteiger partial charge in [0.1, 0.15) is 6.54 Å². The van der Waals surface area contributed by atoms with Crippen LogP contribution < -0.4 is 5.32 Å². The lowest BCUT2D eigenvalue weighted by atomic mass is 9.69. The number of benzene rings is 2. The second-order valence-electron chi connectivity index (χ2n) is 10.8. The molecule has 1 saturated carbocycles. The number of rotatable bonds is 10. The molecular weight excluding hydrogens is 450 g/mol. The number of aliphatic hydroxyl groups is 1. The van der Waals surface area contributed by atoms with Gasteiger partial charge in [-0.15, -0.1) is 0 Å². The number of carboxylic acids is 1. The lowest BCUT2D eigenvalue weighted by Gasteiger charge is -2.38. The van der Waals surface area contributed by atoms with Crippen LogP contribution in [-0.2, 0) is 16.6 Å². The highest BCUT2D eigenvalue weighted by molar-refractivity contribution is 5.97. The van der Waals surface area contributed by atoms with Gasteiger partial charge in [-0.2, -0.15) is 0 Å². The molecular formula is C31H43NO4. The largest absolute Gasteiger partial charge is 0.480 e. The second-order valence-corrected chi connectivity index (χ2v) is 10.8. The summed E-state index contributed by atoms with van der Waals surface area (Å²) in [5.74, 6) is -1.20. The molecule has 36 heavy (non-hydrogen) atoms. The van der Waals surface area contributed by atoms with Crippen molar-refractivity contribution in [3.63, 3.8) is 0 Å². The Bertz CT molecular complexity index is 1080. The van der Waals surface area contributed by atoms with Crippen LogP contribution in [0.2, 0.25) is 0 Å². The highest BCUT2D eigenvalue weighted by Crippen LogP contribution is 2.41. The summed E-state index contributed by atoms with van der Waals surface area (Å²) in [6.45, 7) is 10.3. The van der Waals surface area contributed by atoms with E-state index in [9.17, 15) is 14.7 Å². The molecule has 0 spiro atoms. The molecule has 196 valence electrons. The molecule has 0 bridgehead atoms. The molecule has 3 rings (SSSR count). The molecule has 0 aliphatic heterocycles. The molecule has 1 aliphatic carbocycles. The monoisotopic (exact) mass is 493 g/mol. The van der Waals surface area contributed by atoms with Gasteiger partial charge in [-0.1, -0.05) is 70.4 Å². The van der Waals surface area contributed by atoms with E-state index in [0.717, 1.165) is 56.1 Å². The third kappa shape index (κ3) is 5.83. The number of carbonyl (C=O) groups is 2. The number of nitrogens with one attached hydrogen (secondary N) is 1. The fraction of sp³-hybridized carbons (Fsp3) is 0.548. The maximum atomic E-state index is 12.5. The molecule has 0 radical (unpaired) electrons. The smallest absolute Gasteiger partial charge is 0.322 e. The Morgan fingerprint density at radius 1 is 0.972 bits per heavy atom. The zero-order chi connectivity index (χ0) is 26.5. The van der Waals surface area contributed by atoms with Crippen molar-refractivity contribution in [1.82, 2.24) is 5.32 Å². The topological polar surface area (TPSA) is 86.6 Å². The molecule has 0 aromatic heterocycles. The summed E-state index contributed by atoms with van der Waals surface area (Å²) in [6.07, 6.45) is 8.00. The van der Waals surface area contributed by atoms with E-state index in [1.165, 1.54) is 23.1 Å². The highest BCUT2D eigenvalue weighted by Gasteiger charge is 2.36. The summed E-state index contributed by atoms with van der Waals surface area (Å²) in [6, 6.07) is 12.7. The van der Waals surface area contributed by atoms with Crippen LogP contribution in [0.3, 0.4) is 0 Å². The molecule has 1 fully saturated rings. The van der Waals surface area contributed by atoms with Gasteiger partial charge in [0.05, 0.1) is 5.60 Å². The van der Waals surface area contributed by atoms with Gasteiger partial charge in [-0.05, 0) is 85.8 Å². The van der Waals surface area contributed by atoms with E-state index < -0.39 is 18.1 Å². The lowest BCUT2D eigenvalue weighted by Crippen LogP contribution is -2.39. The van der Waals surface area contributed by atoms with E-state index in [1.807, 2.05) is 19.1 Å². The third-order valence-electron chi connectivity index (χ3n) is 8.69. The standard InChI is InChI=1S/C31H43NO4/c1-6-30(7-2,26-13-14-27(22(4)18-26)29(35)32-20-28(33)34)25-12-11-24(21(3)17-25)19-23(5)31(36)15-9-8-10-16-31/h11-14,17-18,23,36H,6-10,15-16,19-20H2,1-5H3,(H,32,35)(H,33,34). The van der Waals surface area contributed by atoms with Crippen molar-refractivity contribution >= 4 is 11.9 Å². The predicted octanol–water partition coefficient (Wildman–Crippen LogP) is 6.10. The van der Waals surface area contributed by atoms with Gasteiger partial charge in [0, 0.05) is 11.0 Å². The number of amides is 1. The van der Waals surface area contributed by atoms with Crippen molar-refractivity contribution in [1.29, 1.82) is 0 Å². The Kier molecular flexibility index (Phi) is 8.99.